The molecular weight excluding hydrogens is 239 g/mol. The maximum absolute atomic E-state index is 13.6. The smallest absolute Gasteiger partial charge is 0.126 e. The molecule has 3 heteroatoms. The van der Waals surface area contributed by atoms with E-state index in [1.807, 2.05) is 26.8 Å². The Morgan fingerprint density at radius 3 is 2.47 bits per heavy atom. The lowest BCUT2D eigenvalue weighted by molar-refractivity contribution is -0.00572. The minimum atomic E-state index is -0.186. The van der Waals surface area contributed by atoms with Crippen molar-refractivity contribution in [3.8, 4) is 0 Å². The van der Waals surface area contributed by atoms with Crippen LogP contribution in [0.1, 0.15) is 38.7 Å². The highest BCUT2D eigenvalue weighted by molar-refractivity contribution is 6.18. The summed E-state index contributed by atoms with van der Waals surface area (Å²) in [7, 11) is 0. The third kappa shape index (κ3) is 5.05. The van der Waals surface area contributed by atoms with Crippen LogP contribution in [0.25, 0.3) is 0 Å². The lowest BCUT2D eigenvalue weighted by atomic mass is 9.97. The highest BCUT2D eigenvalue weighted by atomic mass is 35.5. The first-order valence-electron chi connectivity index (χ1n) is 5.88. The average Bonchev–Trinajstić information content (AvgIpc) is 2.24. The second kappa shape index (κ2) is 6.36. The molecule has 1 unspecified atom stereocenters. The van der Waals surface area contributed by atoms with Crippen LogP contribution >= 0.6 is 11.6 Å². The Morgan fingerprint density at radius 2 is 1.94 bits per heavy atom. The molecule has 0 spiro atoms. The van der Waals surface area contributed by atoms with Gasteiger partial charge < -0.3 is 4.74 Å². The summed E-state index contributed by atoms with van der Waals surface area (Å²) in [6, 6.07) is 6.79. The summed E-state index contributed by atoms with van der Waals surface area (Å²) in [6.45, 7) is 6.61. The lowest BCUT2D eigenvalue weighted by Gasteiger charge is -2.22. The number of rotatable bonds is 5. The number of hydrogen-bond donors (Lipinski definition) is 0. The van der Waals surface area contributed by atoms with Gasteiger partial charge in [-0.3, -0.25) is 0 Å². The van der Waals surface area contributed by atoms with Crippen molar-refractivity contribution < 1.29 is 9.13 Å². The molecule has 0 aromatic heterocycles. The van der Waals surface area contributed by atoms with Gasteiger partial charge in [0.2, 0.25) is 0 Å². The second-order valence-electron chi connectivity index (χ2n) is 5.12. The van der Waals surface area contributed by atoms with Crippen molar-refractivity contribution in [1.29, 1.82) is 0 Å². The topological polar surface area (TPSA) is 9.23 Å². The molecule has 0 heterocycles. The SMILES string of the molecule is CC(C)(C)OCCC(CCl)c1ccccc1F. The zero-order valence-corrected chi connectivity index (χ0v) is 11.4. The fraction of sp³-hybridized carbons (Fsp3) is 0.571. The van der Waals surface area contributed by atoms with E-state index in [2.05, 4.69) is 0 Å². The van der Waals surface area contributed by atoms with Crippen LogP contribution in [-0.2, 0) is 4.74 Å². The van der Waals surface area contributed by atoms with Crippen molar-refractivity contribution in [2.24, 2.45) is 0 Å². The molecule has 0 fully saturated rings. The van der Waals surface area contributed by atoms with Crippen molar-refractivity contribution in [1.82, 2.24) is 0 Å². The molecule has 0 saturated heterocycles. The molecule has 0 saturated carbocycles. The van der Waals surface area contributed by atoms with Gasteiger partial charge in [0.1, 0.15) is 5.82 Å². The average molecular weight is 259 g/mol. The van der Waals surface area contributed by atoms with Gasteiger partial charge in [-0.2, -0.15) is 0 Å². The number of alkyl halides is 1. The Labute approximate surface area is 108 Å². The van der Waals surface area contributed by atoms with Gasteiger partial charge in [-0.15, -0.1) is 11.6 Å². The van der Waals surface area contributed by atoms with Gasteiger partial charge in [-0.05, 0) is 38.8 Å². The van der Waals surface area contributed by atoms with Crippen LogP contribution in [0.4, 0.5) is 4.39 Å². The molecule has 1 nitrogen and oxygen atoms in total. The van der Waals surface area contributed by atoms with E-state index >= 15 is 0 Å². The Kier molecular flexibility index (Phi) is 5.41. The third-order valence-corrected chi connectivity index (χ3v) is 2.91. The Bertz CT molecular complexity index is 346. The van der Waals surface area contributed by atoms with E-state index in [1.54, 1.807) is 12.1 Å². The summed E-state index contributed by atoms with van der Waals surface area (Å²) >= 11 is 5.90. The first kappa shape index (κ1) is 14.5. The molecule has 0 N–H and O–H groups in total. The van der Waals surface area contributed by atoms with Gasteiger partial charge in [0.05, 0.1) is 5.60 Å². The Morgan fingerprint density at radius 1 is 1.29 bits per heavy atom. The molecule has 17 heavy (non-hydrogen) atoms. The van der Waals surface area contributed by atoms with Crippen molar-refractivity contribution >= 4 is 11.6 Å². The van der Waals surface area contributed by atoms with Gasteiger partial charge in [0, 0.05) is 18.4 Å². The van der Waals surface area contributed by atoms with E-state index in [1.165, 1.54) is 6.07 Å². The van der Waals surface area contributed by atoms with Crippen LogP contribution in [-0.4, -0.2) is 18.1 Å². The minimum Gasteiger partial charge on any atom is -0.376 e. The zero-order chi connectivity index (χ0) is 12.9. The van der Waals surface area contributed by atoms with Gasteiger partial charge in [-0.1, -0.05) is 18.2 Å². The van der Waals surface area contributed by atoms with E-state index in [0.29, 0.717) is 18.1 Å². The minimum absolute atomic E-state index is 0.0141. The molecule has 0 amide bonds. The van der Waals surface area contributed by atoms with Crippen LogP contribution in [0.2, 0.25) is 0 Å². The van der Waals surface area contributed by atoms with Crippen molar-refractivity contribution in [3.63, 3.8) is 0 Å². The summed E-state index contributed by atoms with van der Waals surface area (Å²) in [6.07, 6.45) is 0.738. The summed E-state index contributed by atoms with van der Waals surface area (Å²) in [4.78, 5) is 0. The maximum atomic E-state index is 13.6. The molecule has 1 atom stereocenters. The fourth-order valence-electron chi connectivity index (χ4n) is 1.63. The molecular formula is C14H20ClFO. The van der Waals surface area contributed by atoms with E-state index in [4.69, 9.17) is 16.3 Å². The van der Waals surface area contributed by atoms with E-state index < -0.39 is 0 Å². The van der Waals surface area contributed by atoms with E-state index in [9.17, 15) is 4.39 Å². The van der Waals surface area contributed by atoms with Crippen LogP contribution in [0, 0.1) is 5.82 Å². The monoisotopic (exact) mass is 258 g/mol. The van der Waals surface area contributed by atoms with E-state index in [0.717, 1.165) is 6.42 Å². The maximum Gasteiger partial charge on any atom is 0.126 e. The van der Waals surface area contributed by atoms with Gasteiger partial charge >= 0.3 is 0 Å². The Hall–Kier alpha value is -0.600. The van der Waals surface area contributed by atoms with Crippen molar-refractivity contribution in [2.75, 3.05) is 12.5 Å². The molecule has 0 aliphatic carbocycles. The third-order valence-electron chi connectivity index (χ3n) is 2.53. The summed E-state index contributed by atoms with van der Waals surface area (Å²) in [5.74, 6) is 0.239. The largest absolute Gasteiger partial charge is 0.376 e. The fourth-order valence-corrected chi connectivity index (χ4v) is 1.95. The molecule has 0 aliphatic rings. The first-order valence-corrected chi connectivity index (χ1v) is 6.42. The van der Waals surface area contributed by atoms with Gasteiger partial charge in [-0.25, -0.2) is 4.39 Å². The van der Waals surface area contributed by atoms with Crippen molar-refractivity contribution in [3.05, 3.63) is 35.6 Å². The standard InChI is InChI=1S/C14H20ClFO/c1-14(2,3)17-9-8-11(10-15)12-6-4-5-7-13(12)16/h4-7,11H,8-10H2,1-3H3. The molecule has 1 rings (SSSR count). The van der Waals surface area contributed by atoms with Gasteiger partial charge in [0.25, 0.3) is 0 Å². The molecule has 0 bridgehead atoms. The molecule has 96 valence electrons. The number of halogens is 2. The summed E-state index contributed by atoms with van der Waals surface area (Å²) < 4.78 is 19.2. The molecule has 0 radical (unpaired) electrons. The van der Waals surface area contributed by atoms with Gasteiger partial charge in [0.15, 0.2) is 0 Å². The molecule has 1 aromatic rings. The predicted octanol–water partition coefficient (Wildman–Crippen LogP) is 4.35. The predicted molar refractivity (Wildman–Crippen MR) is 70.2 cm³/mol. The molecule has 0 aliphatic heterocycles. The van der Waals surface area contributed by atoms with Crippen LogP contribution in [0.5, 0.6) is 0 Å². The summed E-state index contributed by atoms with van der Waals surface area (Å²) in [5, 5.41) is 0. The number of hydrogen-bond acceptors (Lipinski definition) is 1. The van der Waals surface area contributed by atoms with Crippen LogP contribution in [0.3, 0.4) is 0 Å². The van der Waals surface area contributed by atoms with Crippen molar-refractivity contribution in [2.45, 2.75) is 38.7 Å². The second-order valence-corrected chi connectivity index (χ2v) is 5.43. The Balaban J connectivity index is 2.58. The highest BCUT2D eigenvalue weighted by Gasteiger charge is 2.16. The number of benzene rings is 1. The normalized spacial score (nSPS) is 13.7. The van der Waals surface area contributed by atoms with Crippen LogP contribution < -0.4 is 0 Å². The molecule has 1 aromatic carbocycles. The highest BCUT2D eigenvalue weighted by Crippen LogP contribution is 2.24. The zero-order valence-electron chi connectivity index (χ0n) is 10.7. The van der Waals surface area contributed by atoms with Crippen LogP contribution in [0.15, 0.2) is 24.3 Å². The quantitative estimate of drug-likeness (QED) is 0.714. The lowest BCUT2D eigenvalue weighted by Crippen LogP contribution is -2.21. The number of ether oxygens (including phenoxy) is 1. The summed E-state index contributed by atoms with van der Waals surface area (Å²) in [5.41, 5.74) is 0.520. The van der Waals surface area contributed by atoms with E-state index in [-0.39, 0.29) is 17.3 Å². The first-order chi connectivity index (χ1) is 7.94.